The van der Waals surface area contributed by atoms with E-state index < -0.39 is 5.97 Å². The first-order valence-corrected chi connectivity index (χ1v) is 7.83. The van der Waals surface area contributed by atoms with Gasteiger partial charge in [-0.3, -0.25) is 0 Å². The highest BCUT2D eigenvalue weighted by molar-refractivity contribution is 5.87. The van der Waals surface area contributed by atoms with E-state index in [1.807, 2.05) is 12.1 Å². The first kappa shape index (κ1) is 15.6. The monoisotopic (exact) mass is 287 g/mol. The fourth-order valence-electron chi connectivity index (χ4n) is 3.09. The maximum Gasteiger partial charge on any atom is 0.335 e. The Hall–Kier alpha value is -1.77. The summed E-state index contributed by atoms with van der Waals surface area (Å²) in [4.78, 5) is 10.9. The molecule has 2 rings (SSSR count). The quantitative estimate of drug-likeness (QED) is 0.788. The van der Waals surface area contributed by atoms with E-state index >= 15 is 0 Å². The van der Waals surface area contributed by atoms with Crippen LogP contribution in [0, 0.1) is 5.92 Å². The summed E-state index contributed by atoms with van der Waals surface area (Å²) in [5.74, 6) is -0.202. The van der Waals surface area contributed by atoms with Gasteiger partial charge in [0.1, 0.15) is 0 Å². The predicted molar refractivity (Wildman–Crippen MR) is 86.8 cm³/mol. The summed E-state index contributed by atoms with van der Waals surface area (Å²) in [6.45, 7) is 6.34. The normalized spacial score (nSPS) is 18.6. The van der Waals surface area contributed by atoms with Gasteiger partial charge in [0, 0.05) is 11.7 Å². The number of anilines is 1. The van der Waals surface area contributed by atoms with Gasteiger partial charge >= 0.3 is 5.97 Å². The largest absolute Gasteiger partial charge is 0.478 e. The lowest BCUT2D eigenvalue weighted by Gasteiger charge is -2.28. The number of nitrogens with one attached hydrogen (secondary N) is 1. The molecule has 1 atom stereocenters. The molecule has 0 heterocycles. The third kappa shape index (κ3) is 4.62. The van der Waals surface area contributed by atoms with E-state index in [1.165, 1.54) is 31.3 Å². The third-order valence-electron chi connectivity index (χ3n) is 4.44. The molecule has 2 N–H and O–H groups in total. The van der Waals surface area contributed by atoms with Crippen LogP contribution in [-0.4, -0.2) is 17.1 Å². The number of aromatic carboxylic acids is 1. The molecule has 0 aromatic heterocycles. The van der Waals surface area contributed by atoms with Gasteiger partial charge in [-0.2, -0.15) is 0 Å². The van der Waals surface area contributed by atoms with E-state index in [0.717, 1.165) is 18.5 Å². The Morgan fingerprint density at radius 3 is 2.33 bits per heavy atom. The van der Waals surface area contributed by atoms with Gasteiger partial charge in [-0.25, -0.2) is 4.79 Å². The smallest absolute Gasteiger partial charge is 0.335 e. The van der Waals surface area contributed by atoms with Crippen molar-refractivity contribution in [3.63, 3.8) is 0 Å². The maximum absolute atomic E-state index is 10.9. The van der Waals surface area contributed by atoms with E-state index in [2.05, 4.69) is 18.8 Å². The molecule has 0 radical (unpaired) electrons. The molecular formula is C18H25NO2. The number of carboxylic acids is 1. The number of allylic oxidation sites excluding steroid dienone is 1. The average molecular weight is 287 g/mol. The summed E-state index contributed by atoms with van der Waals surface area (Å²) < 4.78 is 0. The summed E-state index contributed by atoms with van der Waals surface area (Å²) in [5, 5.41) is 12.4. The number of benzene rings is 1. The minimum absolute atomic E-state index is 0.331. The fourth-order valence-corrected chi connectivity index (χ4v) is 3.09. The van der Waals surface area contributed by atoms with Crippen LogP contribution >= 0.6 is 0 Å². The number of carboxylic acid groups (broad SMARTS) is 1. The number of carbonyl (C=O) groups is 1. The molecule has 1 aliphatic rings. The molecule has 1 saturated carbocycles. The zero-order chi connectivity index (χ0) is 15.2. The zero-order valence-corrected chi connectivity index (χ0v) is 12.8. The van der Waals surface area contributed by atoms with Crippen LogP contribution in [0.5, 0.6) is 0 Å². The van der Waals surface area contributed by atoms with Crippen LogP contribution < -0.4 is 5.32 Å². The van der Waals surface area contributed by atoms with Gasteiger partial charge in [0.2, 0.25) is 0 Å². The summed E-state index contributed by atoms with van der Waals surface area (Å²) in [7, 11) is 0. The number of hydrogen-bond donors (Lipinski definition) is 2. The predicted octanol–water partition coefficient (Wildman–Crippen LogP) is 4.71. The Morgan fingerprint density at radius 2 is 1.81 bits per heavy atom. The number of hydrogen-bond acceptors (Lipinski definition) is 2. The standard InChI is InChI=1S/C18H25NO2/c1-13-5-3-7-15(8-4-6-13)14(2)19-17-11-9-16(10-12-17)18(20)21/h9-12,14-15,19H,1,3-8H2,2H3,(H,20,21). The van der Waals surface area contributed by atoms with Gasteiger partial charge in [0.25, 0.3) is 0 Å². The summed E-state index contributed by atoms with van der Waals surface area (Å²) in [6.07, 6.45) is 7.26. The second kappa shape index (κ2) is 7.30. The van der Waals surface area contributed by atoms with Crippen LogP contribution in [0.1, 0.15) is 55.8 Å². The van der Waals surface area contributed by atoms with Crippen LogP contribution in [0.15, 0.2) is 36.4 Å². The van der Waals surface area contributed by atoms with Crippen molar-refractivity contribution in [2.24, 2.45) is 5.92 Å². The SMILES string of the molecule is C=C1CCCC(C(C)Nc2ccc(C(=O)O)cc2)CCC1. The molecule has 114 valence electrons. The van der Waals surface area contributed by atoms with Gasteiger partial charge in [-0.1, -0.05) is 12.2 Å². The molecule has 1 aromatic rings. The first-order valence-electron chi connectivity index (χ1n) is 7.83. The molecule has 3 nitrogen and oxygen atoms in total. The van der Waals surface area contributed by atoms with E-state index in [9.17, 15) is 4.79 Å². The summed E-state index contributed by atoms with van der Waals surface area (Å²) >= 11 is 0. The Labute approximate surface area is 127 Å². The number of rotatable bonds is 4. The minimum Gasteiger partial charge on any atom is -0.478 e. The van der Waals surface area contributed by atoms with Gasteiger partial charge in [-0.15, -0.1) is 0 Å². The lowest BCUT2D eigenvalue weighted by Crippen LogP contribution is -2.26. The molecule has 1 aliphatic carbocycles. The minimum atomic E-state index is -0.880. The molecule has 0 bridgehead atoms. The molecule has 1 aromatic carbocycles. The molecule has 0 spiro atoms. The van der Waals surface area contributed by atoms with E-state index in [1.54, 1.807) is 12.1 Å². The molecule has 0 aliphatic heterocycles. The van der Waals surface area contributed by atoms with E-state index in [4.69, 9.17) is 5.11 Å². The Morgan fingerprint density at radius 1 is 1.24 bits per heavy atom. The molecule has 21 heavy (non-hydrogen) atoms. The third-order valence-corrected chi connectivity index (χ3v) is 4.44. The molecule has 1 fully saturated rings. The van der Waals surface area contributed by atoms with Crippen molar-refractivity contribution in [2.75, 3.05) is 5.32 Å². The molecule has 0 amide bonds. The molecule has 3 heteroatoms. The molecular weight excluding hydrogens is 262 g/mol. The Bertz CT molecular complexity index is 480. The van der Waals surface area contributed by atoms with Crippen LogP contribution in [0.3, 0.4) is 0 Å². The van der Waals surface area contributed by atoms with E-state index in [0.29, 0.717) is 17.5 Å². The average Bonchev–Trinajstić information content (AvgIpc) is 2.43. The van der Waals surface area contributed by atoms with Crippen LogP contribution in [0.4, 0.5) is 5.69 Å². The van der Waals surface area contributed by atoms with Crippen molar-refractivity contribution in [1.29, 1.82) is 0 Å². The fraction of sp³-hybridized carbons (Fsp3) is 0.500. The van der Waals surface area contributed by atoms with Crippen LogP contribution in [0.2, 0.25) is 0 Å². The van der Waals surface area contributed by atoms with Crippen molar-refractivity contribution in [3.05, 3.63) is 42.0 Å². The van der Waals surface area contributed by atoms with Gasteiger partial charge in [0.05, 0.1) is 5.56 Å². The van der Waals surface area contributed by atoms with Crippen molar-refractivity contribution < 1.29 is 9.90 Å². The maximum atomic E-state index is 10.9. The van der Waals surface area contributed by atoms with Crippen LogP contribution in [0.25, 0.3) is 0 Å². The summed E-state index contributed by atoms with van der Waals surface area (Å²) in [6, 6.07) is 7.42. The van der Waals surface area contributed by atoms with Crippen molar-refractivity contribution in [3.8, 4) is 0 Å². The van der Waals surface area contributed by atoms with Crippen molar-refractivity contribution in [1.82, 2.24) is 0 Å². The van der Waals surface area contributed by atoms with Gasteiger partial charge in [-0.05, 0) is 75.6 Å². The van der Waals surface area contributed by atoms with Crippen molar-refractivity contribution >= 4 is 11.7 Å². The highest BCUT2D eigenvalue weighted by Gasteiger charge is 2.19. The Kier molecular flexibility index (Phi) is 5.43. The van der Waals surface area contributed by atoms with Crippen LogP contribution in [-0.2, 0) is 0 Å². The highest BCUT2D eigenvalue weighted by atomic mass is 16.4. The van der Waals surface area contributed by atoms with Crippen molar-refractivity contribution in [2.45, 2.75) is 51.5 Å². The zero-order valence-electron chi connectivity index (χ0n) is 12.8. The topological polar surface area (TPSA) is 49.3 Å². The second-order valence-electron chi connectivity index (χ2n) is 6.11. The second-order valence-corrected chi connectivity index (χ2v) is 6.11. The lowest BCUT2D eigenvalue weighted by atomic mass is 9.85. The highest BCUT2D eigenvalue weighted by Crippen LogP contribution is 2.28. The Balaban J connectivity index is 1.91. The van der Waals surface area contributed by atoms with Gasteiger partial charge < -0.3 is 10.4 Å². The molecule has 1 unspecified atom stereocenters. The molecule has 0 saturated heterocycles. The van der Waals surface area contributed by atoms with E-state index in [-0.39, 0.29) is 0 Å². The summed E-state index contributed by atoms with van der Waals surface area (Å²) in [5.41, 5.74) is 2.73. The first-order chi connectivity index (χ1) is 10.1. The lowest BCUT2D eigenvalue weighted by molar-refractivity contribution is 0.0697. The van der Waals surface area contributed by atoms with Gasteiger partial charge in [0.15, 0.2) is 0 Å².